The number of hydrogen-bond donors (Lipinski definition) is 2. The first-order chi connectivity index (χ1) is 13.2. The van der Waals surface area contributed by atoms with Gasteiger partial charge < -0.3 is 14.8 Å². The lowest BCUT2D eigenvalue weighted by Gasteiger charge is -2.14. The monoisotopic (exact) mass is 462 g/mol. The molecule has 0 aromatic heterocycles. The average molecular weight is 463 g/mol. The molecule has 0 saturated heterocycles. The zero-order valence-electron chi connectivity index (χ0n) is 13.7. The van der Waals surface area contributed by atoms with Crippen LogP contribution in [0.4, 0.5) is 42.5 Å². The van der Waals surface area contributed by atoms with E-state index in [-0.39, 0.29) is 11.4 Å². The van der Waals surface area contributed by atoms with Crippen LogP contribution in [-0.2, 0) is 16.3 Å². The fraction of sp³-hybridized carbons (Fsp3) is 0.133. The van der Waals surface area contributed by atoms with Gasteiger partial charge in [-0.15, -0.1) is 0 Å². The van der Waals surface area contributed by atoms with Gasteiger partial charge in [-0.25, -0.2) is 4.79 Å². The van der Waals surface area contributed by atoms with Gasteiger partial charge in [0.2, 0.25) is 0 Å². The van der Waals surface area contributed by atoms with E-state index in [2.05, 4.69) is 14.8 Å². The molecule has 2 N–H and O–H groups in total. The lowest BCUT2D eigenvalue weighted by atomic mass is 10.2. The number of halogens is 7. The number of anilines is 2. The summed E-state index contributed by atoms with van der Waals surface area (Å²) in [6.45, 7) is 0. The highest BCUT2D eigenvalue weighted by Crippen LogP contribution is 2.38. The highest BCUT2D eigenvalue weighted by atomic mass is 35.5. The number of nitrogens with one attached hydrogen (secondary N) is 2. The number of rotatable bonds is 4. The first kappa shape index (κ1) is 22.6. The maximum Gasteiger partial charge on any atom is 0.534 e. The SMILES string of the molecule is O=C(Nc1ccc(OS(=O)(=O)C(F)(F)F)cc1)Nc1cccc(C(F)(F)F)c1Cl. The van der Waals surface area contributed by atoms with Crippen molar-refractivity contribution >= 4 is 39.1 Å². The minimum Gasteiger partial charge on any atom is -0.376 e. The van der Waals surface area contributed by atoms with E-state index >= 15 is 0 Å². The second-order valence-electron chi connectivity index (χ2n) is 5.25. The van der Waals surface area contributed by atoms with E-state index in [1.54, 1.807) is 0 Å². The van der Waals surface area contributed by atoms with Crippen LogP contribution in [0.3, 0.4) is 0 Å². The summed E-state index contributed by atoms with van der Waals surface area (Å²) < 4.78 is 101. The lowest BCUT2D eigenvalue weighted by Crippen LogP contribution is -2.28. The molecule has 14 heteroatoms. The van der Waals surface area contributed by atoms with Crippen LogP contribution in [0.5, 0.6) is 5.75 Å². The van der Waals surface area contributed by atoms with E-state index < -0.39 is 44.2 Å². The Balaban J connectivity index is 2.08. The van der Waals surface area contributed by atoms with Crippen molar-refractivity contribution in [1.29, 1.82) is 0 Å². The van der Waals surface area contributed by atoms with Crippen molar-refractivity contribution in [2.75, 3.05) is 10.6 Å². The smallest absolute Gasteiger partial charge is 0.376 e. The van der Waals surface area contributed by atoms with Gasteiger partial charge >= 0.3 is 27.8 Å². The standard InChI is InChI=1S/C15H9ClF6N2O4S/c16-12-10(14(17,18)19)2-1-3-11(12)24-13(25)23-8-4-6-9(7-5-8)28-29(26,27)15(20,21)22/h1-7H,(H2,23,24,25). The zero-order chi connectivity index (χ0) is 22.0. The Kier molecular flexibility index (Phi) is 6.23. The molecular weight excluding hydrogens is 454 g/mol. The molecule has 6 nitrogen and oxygen atoms in total. The largest absolute Gasteiger partial charge is 0.534 e. The summed E-state index contributed by atoms with van der Waals surface area (Å²) >= 11 is 5.63. The Morgan fingerprint density at radius 2 is 1.52 bits per heavy atom. The quantitative estimate of drug-likeness (QED) is 0.370. The first-order valence-electron chi connectivity index (χ1n) is 7.25. The number of alkyl halides is 6. The van der Waals surface area contributed by atoms with Crippen molar-refractivity contribution in [3.05, 3.63) is 53.1 Å². The molecule has 2 aromatic rings. The van der Waals surface area contributed by atoms with Crippen molar-refractivity contribution in [3.63, 3.8) is 0 Å². The van der Waals surface area contributed by atoms with E-state index in [1.807, 2.05) is 0 Å². The van der Waals surface area contributed by atoms with Crippen molar-refractivity contribution in [2.24, 2.45) is 0 Å². The van der Waals surface area contributed by atoms with Crippen LogP contribution in [0, 0.1) is 0 Å². The molecule has 2 aromatic carbocycles. The molecule has 0 aliphatic rings. The van der Waals surface area contributed by atoms with Crippen LogP contribution in [0.2, 0.25) is 5.02 Å². The third kappa shape index (κ3) is 5.67. The summed E-state index contributed by atoms with van der Waals surface area (Å²) in [5, 5.41) is 3.53. The van der Waals surface area contributed by atoms with Gasteiger partial charge in [0.05, 0.1) is 16.3 Å². The van der Waals surface area contributed by atoms with E-state index in [9.17, 15) is 39.6 Å². The van der Waals surface area contributed by atoms with Crippen LogP contribution in [0.25, 0.3) is 0 Å². The Morgan fingerprint density at radius 1 is 0.931 bits per heavy atom. The Morgan fingerprint density at radius 3 is 2.03 bits per heavy atom. The Labute approximate surface area is 164 Å². The van der Waals surface area contributed by atoms with Crippen molar-refractivity contribution in [3.8, 4) is 5.75 Å². The Bertz CT molecular complexity index is 1010. The number of carbonyl (C=O) groups is 1. The summed E-state index contributed by atoms with van der Waals surface area (Å²) in [5.74, 6) is -0.672. The summed E-state index contributed by atoms with van der Waals surface area (Å²) in [6.07, 6.45) is -4.74. The minimum absolute atomic E-state index is 0.0256. The number of urea groups is 1. The van der Waals surface area contributed by atoms with E-state index in [4.69, 9.17) is 11.6 Å². The van der Waals surface area contributed by atoms with E-state index in [0.717, 1.165) is 42.5 Å². The molecule has 0 unspecified atom stereocenters. The third-order valence-corrected chi connectivity index (χ3v) is 4.54. The van der Waals surface area contributed by atoms with Crippen LogP contribution in [0.15, 0.2) is 42.5 Å². The molecule has 158 valence electrons. The predicted molar refractivity (Wildman–Crippen MR) is 91.1 cm³/mol. The molecule has 0 spiro atoms. The van der Waals surface area contributed by atoms with Gasteiger partial charge in [0.25, 0.3) is 0 Å². The van der Waals surface area contributed by atoms with Crippen molar-refractivity contribution in [1.82, 2.24) is 0 Å². The van der Waals surface area contributed by atoms with Gasteiger partial charge in [-0.05, 0) is 36.4 Å². The molecule has 0 heterocycles. The Hall–Kier alpha value is -2.67. The molecule has 0 aliphatic carbocycles. The molecule has 0 bridgehead atoms. The third-order valence-electron chi connectivity index (χ3n) is 3.15. The van der Waals surface area contributed by atoms with Crippen LogP contribution >= 0.6 is 11.6 Å². The molecule has 0 fully saturated rings. The van der Waals surface area contributed by atoms with Gasteiger partial charge in [0.15, 0.2) is 0 Å². The maximum absolute atomic E-state index is 12.8. The summed E-state index contributed by atoms with van der Waals surface area (Å²) in [4.78, 5) is 11.9. The van der Waals surface area contributed by atoms with Gasteiger partial charge in [0, 0.05) is 5.69 Å². The first-order valence-corrected chi connectivity index (χ1v) is 9.04. The van der Waals surface area contributed by atoms with Gasteiger partial charge in [0.1, 0.15) is 5.75 Å². The normalized spacial score (nSPS) is 12.4. The number of benzene rings is 2. The highest BCUT2D eigenvalue weighted by Gasteiger charge is 2.48. The second kappa shape index (κ2) is 7.99. The van der Waals surface area contributed by atoms with Crippen molar-refractivity contribution < 1.29 is 43.7 Å². The molecule has 29 heavy (non-hydrogen) atoms. The number of hydrogen-bond acceptors (Lipinski definition) is 4. The molecule has 2 amide bonds. The topological polar surface area (TPSA) is 84.5 Å². The second-order valence-corrected chi connectivity index (χ2v) is 7.17. The van der Waals surface area contributed by atoms with E-state index in [1.165, 1.54) is 0 Å². The average Bonchev–Trinajstić information content (AvgIpc) is 2.56. The van der Waals surface area contributed by atoms with Crippen LogP contribution < -0.4 is 14.8 Å². The highest BCUT2D eigenvalue weighted by molar-refractivity contribution is 7.88. The van der Waals surface area contributed by atoms with Gasteiger partial charge in [-0.2, -0.15) is 34.8 Å². The molecular formula is C15H9ClF6N2O4S. The summed E-state index contributed by atoms with van der Waals surface area (Å²) in [7, 11) is -5.85. The fourth-order valence-corrected chi connectivity index (χ4v) is 2.64. The summed E-state index contributed by atoms with van der Waals surface area (Å²) in [5.41, 5.74) is -7.14. The van der Waals surface area contributed by atoms with Gasteiger partial charge in [-0.3, -0.25) is 0 Å². The number of amides is 2. The molecule has 0 saturated carbocycles. The lowest BCUT2D eigenvalue weighted by molar-refractivity contribution is -0.137. The zero-order valence-corrected chi connectivity index (χ0v) is 15.3. The van der Waals surface area contributed by atoms with Gasteiger partial charge in [-0.1, -0.05) is 17.7 Å². The molecule has 0 atom stereocenters. The fourth-order valence-electron chi connectivity index (χ4n) is 1.90. The predicted octanol–water partition coefficient (Wildman–Crippen LogP) is 5.23. The molecule has 0 aliphatic heterocycles. The maximum atomic E-state index is 12.8. The van der Waals surface area contributed by atoms with Crippen LogP contribution in [-0.4, -0.2) is 20.0 Å². The minimum atomic E-state index is -5.85. The van der Waals surface area contributed by atoms with Crippen molar-refractivity contribution in [2.45, 2.75) is 11.7 Å². The number of carbonyl (C=O) groups excluding carboxylic acids is 1. The molecule has 2 rings (SSSR count). The van der Waals surface area contributed by atoms with Crippen LogP contribution in [0.1, 0.15) is 5.56 Å². The van der Waals surface area contributed by atoms with E-state index in [0.29, 0.717) is 0 Å². The molecule has 0 radical (unpaired) electrons. The summed E-state index contributed by atoms with van der Waals surface area (Å²) in [6, 6.07) is 5.53.